The first-order valence-corrected chi connectivity index (χ1v) is 7.20. The Bertz CT molecular complexity index is 541. The minimum atomic E-state index is 0.636. The molecule has 0 radical (unpaired) electrons. The molecule has 1 saturated heterocycles. The molecular weight excluding hydrogens is 236 g/mol. The Morgan fingerprint density at radius 3 is 2.89 bits per heavy atom. The molecule has 2 aromatic rings. The lowest BCUT2D eigenvalue weighted by Crippen LogP contribution is -2.36. The molecule has 2 heterocycles. The Hall–Kier alpha value is -1.32. The van der Waals surface area contributed by atoms with E-state index < -0.39 is 0 Å². The third-order valence-electron chi connectivity index (χ3n) is 3.99. The van der Waals surface area contributed by atoms with Crippen LogP contribution < -0.4 is 5.32 Å². The van der Waals surface area contributed by atoms with E-state index in [1.165, 1.54) is 16.5 Å². The van der Waals surface area contributed by atoms with E-state index in [0.717, 1.165) is 39.1 Å². The smallest absolute Gasteiger partial charge is 0.0483 e. The van der Waals surface area contributed by atoms with Gasteiger partial charge in [-0.25, -0.2) is 0 Å². The number of ether oxygens (including phenoxy) is 1. The zero-order valence-electron chi connectivity index (χ0n) is 11.6. The van der Waals surface area contributed by atoms with Gasteiger partial charge in [-0.15, -0.1) is 0 Å². The van der Waals surface area contributed by atoms with Crippen molar-refractivity contribution in [3.8, 4) is 0 Å². The summed E-state index contributed by atoms with van der Waals surface area (Å²) in [4.78, 5) is 0. The van der Waals surface area contributed by atoms with Gasteiger partial charge in [0.15, 0.2) is 0 Å². The molecule has 0 amide bonds. The highest BCUT2D eigenvalue weighted by Gasteiger charge is 2.12. The van der Waals surface area contributed by atoms with Crippen LogP contribution in [0.25, 0.3) is 10.9 Å². The molecule has 3 heteroatoms. The van der Waals surface area contributed by atoms with Crippen LogP contribution in [0.3, 0.4) is 0 Å². The molecule has 0 bridgehead atoms. The second kappa shape index (κ2) is 5.76. The summed E-state index contributed by atoms with van der Waals surface area (Å²) >= 11 is 0. The second-order valence-corrected chi connectivity index (χ2v) is 5.36. The lowest BCUT2D eigenvalue weighted by molar-refractivity contribution is 0.0779. The normalized spacial score (nSPS) is 17.1. The van der Waals surface area contributed by atoms with Crippen molar-refractivity contribution in [1.82, 2.24) is 9.88 Å². The predicted octanol–water partition coefficient (Wildman–Crippen LogP) is 2.72. The summed E-state index contributed by atoms with van der Waals surface area (Å²) in [5.41, 5.74) is 2.70. The third-order valence-corrected chi connectivity index (χ3v) is 3.99. The van der Waals surface area contributed by atoms with Crippen LogP contribution in [0, 0.1) is 6.92 Å². The van der Waals surface area contributed by atoms with Crippen LogP contribution in [0.2, 0.25) is 0 Å². The first kappa shape index (κ1) is 12.7. The Morgan fingerprint density at radius 1 is 1.26 bits per heavy atom. The molecule has 3 nitrogen and oxygen atoms in total. The van der Waals surface area contributed by atoms with E-state index in [9.17, 15) is 0 Å². The zero-order valence-corrected chi connectivity index (χ0v) is 11.6. The lowest BCUT2D eigenvalue weighted by atomic mass is 10.1. The van der Waals surface area contributed by atoms with Crippen molar-refractivity contribution in [1.29, 1.82) is 0 Å². The Balaban J connectivity index is 1.62. The summed E-state index contributed by atoms with van der Waals surface area (Å²) in [6.45, 7) is 6.06. The van der Waals surface area contributed by atoms with Crippen molar-refractivity contribution in [2.75, 3.05) is 19.8 Å². The molecule has 1 aromatic carbocycles. The topological polar surface area (TPSA) is 26.2 Å². The van der Waals surface area contributed by atoms with Gasteiger partial charge in [0.2, 0.25) is 0 Å². The average molecular weight is 258 g/mol. The summed E-state index contributed by atoms with van der Waals surface area (Å²) in [5.74, 6) is 0. The summed E-state index contributed by atoms with van der Waals surface area (Å²) in [6.07, 6.45) is 4.55. The van der Waals surface area contributed by atoms with Crippen LogP contribution in [-0.2, 0) is 11.3 Å². The summed E-state index contributed by atoms with van der Waals surface area (Å²) in [5, 5.41) is 5.01. The number of aromatic nitrogens is 1. The van der Waals surface area contributed by atoms with Crippen LogP contribution in [0.1, 0.15) is 18.4 Å². The van der Waals surface area contributed by atoms with Crippen molar-refractivity contribution in [3.63, 3.8) is 0 Å². The fraction of sp³-hybridized carbons (Fsp3) is 0.500. The molecule has 3 rings (SSSR count). The summed E-state index contributed by atoms with van der Waals surface area (Å²) in [7, 11) is 0. The average Bonchev–Trinajstić information content (AvgIpc) is 2.78. The first-order chi connectivity index (χ1) is 9.34. The Labute approximate surface area is 114 Å². The quantitative estimate of drug-likeness (QED) is 0.912. The number of aryl methyl sites for hydroxylation is 1. The van der Waals surface area contributed by atoms with Crippen molar-refractivity contribution in [2.45, 2.75) is 32.4 Å². The second-order valence-electron chi connectivity index (χ2n) is 5.36. The number of hydrogen-bond donors (Lipinski definition) is 1. The van der Waals surface area contributed by atoms with E-state index in [-0.39, 0.29) is 0 Å². The van der Waals surface area contributed by atoms with Crippen molar-refractivity contribution in [3.05, 3.63) is 36.0 Å². The highest BCUT2D eigenvalue weighted by molar-refractivity contribution is 5.83. The molecular formula is C16H22N2O. The monoisotopic (exact) mass is 258 g/mol. The lowest BCUT2D eigenvalue weighted by Gasteiger charge is -2.23. The van der Waals surface area contributed by atoms with Gasteiger partial charge in [-0.1, -0.05) is 18.2 Å². The van der Waals surface area contributed by atoms with Crippen LogP contribution >= 0.6 is 0 Å². The van der Waals surface area contributed by atoms with Crippen LogP contribution in [-0.4, -0.2) is 30.4 Å². The van der Waals surface area contributed by atoms with Gasteiger partial charge < -0.3 is 14.6 Å². The highest BCUT2D eigenvalue weighted by atomic mass is 16.5. The molecule has 102 valence electrons. The van der Waals surface area contributed by atoms with E-state index in [1.54, 1.807) is 0 Å². The fourth-order valence-electron chi connectivity index (χ4n) is 2.91. The molecule has 0 unspecified atom stereocenters. The Morgan fingerprint density at radius 2 is 2.05 bits per heavy atom. The van der Waals surface area contributed by atoms with Gasteiger partial charge in [0.25, 0.3) is 0 Å². The van der Waals surface area contributed by atoms with E-state index in [4.69, 9.17) is 4.74 Å². The molecule has 1 N–H and O–H groups in total. The molecule has 0 saturated carbocycles. The van der Waals surface area contributed by atoms with Gasteiger partial charge in [0, 0.05) is 49.4 Å². The number of rotatable bonds is 4. The van der Waals surface area contributed by atoms with E-state index in [1.807, 2.05) is 0 Å². The van der Waals surface area contributed by atoms with E-state index in [2.05, 4.69) is 47.3 Å². The molecule has 1 aliphatic heterocycles. The van der Waals surface area contributed by atoms with Gasteiger partial charge in [-0.3, -0.25) is 0 Å². The van der Waals surface area contributed by atoms with Gasteiger partial charge >= 0.3 is 0 Å². The number of fused-ring (bicyclic) bond motifs is 1. The maximum absolute atomic E-state index is 5.38. The molecule has 0 spiro atoms. The minimum absolute atomic E-state index is 0.636. The number of nitrogens with one attached hydrogen (secondary N) is 1. The minimum Gasteiger partial charge on any atom is -0.381 e. The Kier molecular flexibility index (Phi) is 3.85. The fourth-order valence-corrected chi connectivity index (χ4v) is 2.91. The number of nitrogens with zero attached hydrogens (tertiary/aromatic N) is 1. The summed E-state index contributed by atoms with van der Waals surface area (Å²) in [6, 6.07) is 9.27. The van der Waals surface area contributed by atoms with Gasteiger partial charge in [-0.2, -0.15) is 0 Å². The maximum Gasteiger partial charge on any atom is 0.0483 e. The first-order valence-electron chi connectivity index (χ1n) is 7.20. The van der Waals surface area contributed by atoms with E-state index in [0.29, 0.717) is 6.04 Å². The van der Waals surface area contributed by atoms with Crippen molar-refractivity contribution >= 4 is 10.9 Å². The third kappa shape index (κ3) is 2.82. The van der Waals surface area contributed by atoms with Gasteiger partial charge in [0.1, 0.15) is 0 Å². The van der Waals surface area contributed by atoms with Crippen LogP contribution in [0.15, 0.2) is 30.5 Å². The van der Waals surface area contributed by atoms with Gasteiger partial charge in [-0.05, 0) is 31.4 Å². The zero-order chi connectivity index (χ0) is 13.1. The largest absolute Gasteiger partial charge is 0.381 e. The van der Waals surface area contributed by atoms with Crippen LogP contribution in [0.5, 0.6) is 0 Å². The van der Waals surface area contributed by atoms with E-state index >= 15 is 0 Å². The van der Waals surface area contributed by atoms with Crippen molar-refractivity contribution in [2.24, 2.45) is 0 Å². The maximum atomic E-state index is 5.38. The molecule has 0 aliphatic carbocycles. The molecule has 1 aromatic heterocycles. The highest BCUT2D eigenvalue weighted by Crippen LogP contribution is 2.20. The number of hydrogen-bond acceptors (Lipinski definition) is 2. The molecule has 0 atom stereocenters. The SMILES string of the molecule is Cc1cn(CCNC2CCOCC2)c2ccccc12. The predicted molar refractivity (Wildman–Crippen MR) is 78.5 cm³/mol. The van der Waals surface area contributed by atoms with Gasteiger partial charge in [0.05, 0.1) is 0 Å². The molecule has 19 heavy (non-hydrogen) atoms. The number of benzene rings is 1. The molecule has 1 fully saturated rings. The van der Waals surface area contributed by atoms with Crippen LogP contribution in [0.4, 0.5) is 0 Å². The standard InChI is InChI=1S/C16H22N2O/c1-13-12-18(16-5-3-2-4-15(13)16)9-8-17-14-6-10-19-11-7-14/h2-5,12,14,17H,6-11H2,1H3. The molecule has 1 aliphatic rings. The number of para-hydroxylation sites is 1. The van der Waals surface area contributed by atoms with Crippen molar-refractivity contribution < 1.29 is 4.74 Å². The summed E-state index contributed by atoms with van der Waals surface area (Å²) < 4.78 is 7.74.